The Labute approximate surface area is 160 Å². The molecule has 2 atom stereocenters. The number of carbonyl (C=O) groups excluding carboxylic acids is 1. The van der Waals surface area contributed by atoms with Crippen LogP contribution in [0, 0.1) is 0 Å². The largest absolute Gasteiger partial charge is 0.341 e. The van der Waals surface area contributed by atoms with Crippen LogP contribution >= 0.6 is 0 Å². The molecule has 2 bridgehead atoms. The zero-order valence-corrected chi connectivity index (χ0v) is 16.1. The van der Waals surface area contributed by atoms with Crippen molar-refractivity contribution in [2.45, 2.75) is 64.0 Å². The zero-order valence-electron chi connectivity index (χ0n) is 16.1. The van der Waals surface area contributed by atoms with Crippen LogP contribution in [0.15, 0.2) is 28.8 Å². The second-order valence-corrected chi connectivity index (χ2v) is 8.05. The minimum Gasteiger partial charge on any atom is -0.341 e. The number of rotatable bonds is 5. The van der Waals surface area contributed by atoms with E-state index in [1.54, 1.807) is 0 Å². The number of hydrogen-bond donors (Lipinski definition) is 1. The SMILES string of the molecule is CC(C)c1ccc(-c2noc(CCC(=O)N3CCC4CCC(C3)N4)n2)cc1. The highest BCUT2D eigenvalue weighted by molar-refractivity contribution is 5.76. The molecule has 2 aromatic rings. The first-order valence-corrected chi connectivity index (χ1v) is 10.0. The summed E-state index contributed by atoms with van der Waals surface area (Å²) < 4.78 is 5.36. The maximum absolute atomic E-state index is 12.6. The van der Waals surface area contributed by atoms with Gasteiger partial charge in [0.05, 0.1) is 0 Å². The third-order valence-electron chi connectivity index (χ3n) is 5.73. The summed E-state index contributed by atoms with van der Waals surface area (Å²) in [6.45, 7) is 6.02. The number of amides is 1. The first-order chi connectivity index (χ1) is 13.1. The number of carbonyl (C=O) groups is 1. The summed E-state index contributed by atoms with van der Waals surface area (Å²) in [4.78, 5) is 19.1. The van der Waals surface area contributed by atoms with Crippen molar-refractivity contribution in [1.29, 1.82) is 0 Å². The number of aryl methyl sites for hydroxylation is 1. The highest BCUT2D eigenvalue weighted by Crippen LogP contribution is 2.22. The molecule has 2 unspecified atom stereocenters. The normalized spacial score (nSPS) is 22.3. The molecule has 1 amide bonds. The lowest BCUT2D eigenvalue weighted by molar-refractivity contribution is -0.131. The van der Waals surface area contributed by atoms with Crippen LogP contribution in [0.1, 0.15) is 56.9 Å². The van der Waals surface area contributed by atoms with Crippen LogP contribution in [0.3, 0.4) is 0 Å². The highest BCUT2D eigenvalue weighted by Gasteiger charge is 2.31. The Morgan fingerprint density at radius 3 is 2.78 bits per heavy atom. The molecular formula is C21H28N4O2. The molecule has 2 saturated heterocycles. The van der Waals surface area contributed by atoms with Crippen molar-refractivity contribution < 1.29 is 9.32 Å². The molecule has 1 N–H and O–H groups in total. The average Bonchev–Trinajstić information content (AvgIpc) is 3.26. The Hall–Kier alpha value is -2.21. The highest BCUT2D eigenvalue weighted by atomic mass is 16.5. The van der Waals surface area contributed by atoms with Crippen molar-refractivity contribution >= 4 is 5.91 Å². The molecule has 0 aliphatic carbocycles. The van der Waals surface area contributed by atoms with Gasteiger partial charge in [0.15, 0.2) is 0 Å². The average molecular weight is 368 g/mol. The van der Waals surface area contributed by atoms with E-state index in [1.807, 2.05) is 17.0 Å². The third-order valence-corrected chi connectivity index (χ3v) is 5.73. The monoisotopic (exact) mass is 368 g/mol. The smallest absolute Gasteiger partial charge is 0.227 e. The van der Waals surface area contributed by atoms with Crippen LogP contribution in [0.5, 0.6) is 0 Å². The summed E-state index contributed by atoms with van der Waals surface area (Å²) in [6, 6.07) is 9.29. The van der Waals surface area contributed by atoms with E-state index in [2.05, 4.69) is 41.4 Å². The van der Waals surface area contributed by atoms with Gasteiger partial charge in [0, 0.05) is 43.6 Å². The van der Waals surface area contributed by atoms with Crippen molar-refractivity contribution in [3.05, 3.63) is 35.7 Å². The van der Waals surface area contributed by atoms with Crippen LogP contribution in [0.25, 0.3) is 11.4 Å². The van der Waals surface area contributed by atoms with Crippen LogP contribution in [0.4, 0.5) is 0 Å². The van der Waals surface area contributed by atoms with Crippen molar-refractivity contribution in [3.63, 3.8) is 0 Å². The first kappa shape index (κ1) is 18.2. The second-order valence-electron chi connectivity index (χ2n) is 8.05. The van der Waals surface area contributed by atoms with E-state index in [4.69, 9.17) is 4.52 Å². The minimum atomic E-state index is 0.186. The van der Waals surface area contributed by atoms with Crippen molar-refractivity contribution in [2.24, 2.45) is 0 Å². The van der Waals surface area contributed by atoms with Crippen LogP contribution < -0.4 is 5.32 Å². The van der Waals surface area contributed by atoms with Gasteiger partial charge in [-0.2, -0.15) is 4.98 Å². The lowest BCUT2D eigenvalue weighted by Crippen LogP contribution is -2.39. The molecule has 0 radical (unpaired) electrons. The van der Waals surface area contributed by atoms with Gasteiger partial charge >= 0.3 is 0 Å². The molecule has 3 heterocycles. The summed E-state index contributed by atoms with van der Waals surface area (Å²) in [5, 5.41) is 7.69. The fraction of sp³-hybridized carbons (Fsp3) is 0.571. The maximum Gasteiger partial charge on any atom is 0.227 e. The van der Waals surface area contributed by atoms with Gasteiger partial charge in [0.25, 0.3) is 0 Å². The Balaban J connectivity index is 1.33. The Bertz CT molecular complexity index is 784. The van der Waals surface area contributed by atoms with Crippen molar-refractivity contribution in [2.75, 3.05) is 13.1 Å². The Kier molecular flexibility index (Phi) is 5.25. The molecule has 2 fully saturated rings. The summed E-state index contributed by atoms with van der Waals surface area (Å²) in [6.07, 6.45) is 4.39. The van der Waals surface area contributed by atoms with E-state index < -0.39 is 0 Å². The Morgan fingerprint density at radius 1 is 1.22 bits per heavy atom. The topological polar surface area (TPSA) is 71.3 Å². The van der Waals surface area contributed by atoms with Crippen LogP contribution in [-0.4, -0.2) is 46.1 Å². The number of nitrogens with zero attached hydrogens (tertiary/aromatic N) is 3. The number of nitrogens with one attached hydrogen (secondary N) is 1. The zero-order chi connectivity index (χ0) is 18.8. The molecule has 6 heteroatoms. The molecule has 2 aliphatic rings. The molecule has 1 aromatic carbocycles. The third kappa shape index (κ3) is 4.21. The standard InChI is InChI=1S/C21H28N4O2/c1-14(2)15-3-5-16(6-4-15)21-23-19(27-24-21)9-10-20(26)25-12-11-17-7-8-18(13-25)22-17/h3-6,14,17-18,22H,7-13H2,1-2H3. The molecule has 6 nitrogen and oxygen atoms in total. The number of hydrogen-bond acceptors (Lipinski definition) is 5. The van der Waals surface area contributed by atoms with Gasteiger partial charge in [-0.15, -0.1) is 0 Å². The number of aromatic nitrogens is 2. The van der Waals surface area contributed by atoms with Gasteiger partial charge in [-0.05, 0) is 30.7 Å². The minimum absolute atomic E-state index is 0.186. The molecule has 0 spiro atoms. The molecule has 27 heavy (non-hydrogen) atoms. The number of likely N-dealkylation sites (tertiary alicyclic amines) is 1. The first-order valence-electron chi connectivity index (χ1n) is 10.0. The number of fused-ring (bicyclic) bond motifs is 2. The van der Waals surface area contributed by atoms with Gasteiger partial charge in [-0.3, -0.25) is 4.79 Å². The van der Waals surface area contributed by atoms with Gasteiger partial charge in [-0.1, -0.05) is 43.3 Å². The van der Waals surface area contributed by atoms with E-state index in [0.29, 0.717) is 42.6 Å². The quantitative estimate of drug-likeness (QED) is 0.878. The van der Waals surface area contributed by atoms with Crippen LogP contribution in [0.2, 0.25) is 0 Å². The lowest BCUT2D eigenvalue weighted by Gasteiger charge is -2.24. The van der Waals surface area contributed by atoms with Crippen LogP contribution in [-0.2, 0) is 11.2 Å². The predicted octanol–water partition coefficient (Wildman–Crippen LogP) is 3.15. The molecule has 4 rings (SSSR count). The fourth-order valence-electron chi connectivity index (χ4n) is 4.03. The summed E-state index contributed by atoms with van der Waals surface area (Å²) in [7, 11) is 0. The second kappa shape index (κ2) is 7.80. The molecule has 0 saturated carbocycles. The van der Waals surface area contributed by atoms with Gasteiger partial charge in [-0.25, -0.2) is 0 Å². The Morgan fingerprint density at radius 2 is 2.00 bits per heavy atom. The molecule has 144 valence electrons. The van der Waals surface area contributed by atoms with E-state index in [0.717, 1.165) is 25.1 Å². The van der Waals surface area contributed by atoms with Gasteiger partial charge in [0.1, 0.15) is 0 Å². The van der Waals surface area contributed by atoms with Crippen molar-refractivity contribution in [1.82, 2.24) is 20.4 Å². The molecule has 1 aromatic heterocycles. The number of benzene rings is 1. The van der Waals surface area contributed by atoms with Gasteiger partial charge in [0.2, 0.25) is 17.6 Å². The lowest BCUT2D eigenvalue weighted by atomic mass is 10.0. The van der Waals surface area contributed by atoms with E-state index in [9.17, 15) is 4.79 Å². The van der Waals surface area contributed by atoms with E-state index in [1.165, 1.54) is 18.4 Å². The molecular weight excluding hydrogens is 340 g/mol. The maximum atomic E-state index is 12.6. The summed E-state index contributed by atoms with van der Waals surface area (Å²) >= 11 is 0. The molecule has 2 aliphatic heterocycles. The van der Waals surface area contributed by atoms with Gasteiger partial charge < -0.3 is 14.7 Å². The van der Waals surface area contributed by atoms with E-state index in [-0.39, 0.29) is 5.91 Å². The summed E-state index contributed by atoms with van der Waals surface area (Å²) in [5.41, 5.74) is 2.23. The van der Waals surface area contributed by atoms with Crippen molar-refractivity contribution in [3.8, 4) is 11.4 Å². The van der Waals surface area contributed by atoms with E-state index >= 15 is 0 Å². The fourth-order valence-corrected chi connectivity index (χ4v) is 4.03. The predicted molar refractivity (Wildman–Crippen MR) is 103 cm³/mol. The summed E-state index contributed by atoms with van der Waals surface area (Å²) in [5.74, 6) is 1.80.